The number of rotatable bonds is 15. The van der Waals surface area contributed by atoms with Gasteiger partial charge in [0.15, 0.2) is 0 Å². The van der Waals surface area contributed by atoms with Crippen LogP contribution in [0.15, 0.2) is 146 Å². The Kier molecular flexibility index (Phi) is 11.7. The van der Waals surface area contributed by atoms with Gasteiger partial charge in [-0.1, -0.05) is 0 Å². The third-order valence-electron chi connectivity index (χ3n) is 7.93. The zero-order valence-electron chi connectivity index (χ0n) is 27.9. The van der Waals surface area contributed by atoms with Crippen molar-refractivity contribution in [2.24, 2.45) is 0 Å². The Morgan fingerprint density at radius 3 is 0.898 bits per heavy atom. The van der Waals surface area contributed by atoms with Gasteiger partial charge in [-0.3, -0.25) is 0 Å². The molecule has 0 aliphatic carbocycles. The standard InChI is InChI=1S/3C14H13O2.Bi/c3*1-15-13-9-5-6-10-14(13)16-11-12-7-3-2-4-8-12;/h3*2-4,6-10H,11H2,1H3;. The molecule has 6 aromatic carbocycles. The molecule has 0 heterocycles. The van der Waals surface area contributed by atoms with Gasteiger partial charge in [-0.2, -0.15) is 0 Å². The van der Waals surface area contributed by atoms with Gasteiger partial charge in [-0.25, -0.2) is 0 Å². The van der Waals surface area contributed by atoms with Crippen LogP contribution < -0.4 is 38.2 Å². The Balaban J connectivity index is 1.35. The monoisotopic (exact) mass is 848 g/mol. The first-order valence-corrected chi connectivity index (χ1v) is 21.2. The maximum atomic E-state index is 6.22. The summed E-state index contributed by atoms with van der Waals surface area (Å²) in [6, 6.07) is 49.3. The van der Waals surface area contributed by atoms with E-state index in [1.807, 2.05) is 109 Å². The first-order chi connectivity index (χ1) is 24.1. The minimum atomic E-state index is -3.04. The summed E-state index contributed by atoms with van der Waals surface area (Å²) in [5, 5.41) is 0. The molecule has 0 aromatic heterocycles. The molecule has 0 aliphatic heterocycles. The van der Waals surface area contributed by atoms with Crippen molar-refractivity contribution in [2.45, 2.75) is 19.8 Å². The van der Waals surface area contributed by atoms with Gasteiger partial charge in [-0.05, 0) is 0 Å². The second kappa shape index (κ2) is 16.9. The Bertz CT molecular complexity index is 1710. The summed E-state index contributed by atoms with van der Waals surface area (Å²) in [4.78, 5) is 0. The van der Waals surface area contributed by atoms with Gasteiger partial charge in [0.1, 0.15) is 0 Å². The van der Waals surface area contributed by atoms with Crippen molar-refractivity contribution in [3.8, 4) is 34.5 Å². The van der Waals surface area contributed by atoms with Gasteiger partial charge in [0.2, 0.25) is 0 Å². The zero-order chi connectivity index (χ0) is 33.8. The van der Waals surface area contributed by atoms with Crippen molar-refractivity contribution in [3.05, 3.63) is 162 Å². The van der Waals surface area contributed by atoms with E-state index in [0.29, 0.717) is 54.3 Å². The number of hydrogen-bond acceptors (Lipinski definition) is 6. The molecule has 0 saturated heterocycles. The Hall–Kier alpha value is -5.00. The molecule has 0 spiro atoms. The van der Waals surface area contributed by atoms with Gasteiger partial charge in [-0.15, -0.1) is 0 Å². The van der Waals surface area contributed by atoms with E-state index < -0.39 is 21.8 Å². The van der Waals surface area contributed by atoms with Crippen LogP contribution in [0, 0.1) is 0 Å². The summed E-state index contributed by atoms with van der Waals surface area (Å²) in [5.74, 6) is 4.17. The van der Waals surface area contributed by atoms with Crippen LogP contribution in [0.3, 0.4) is 0 Å². The molecule has 0 radical (unpaired) electrons. The number of benzene rings is 6. The molecule has 0 saturated carbocycles. The maximum absolute atomic E-state index is 6.22. The van der Waals surface area contributed by atoms with E-state index in [2.05, 4.69) is 36.4 Å². The summed E-state index contributed by atoms with van der Waals surface area (Å²) >= 11 is -3.04. The normalized spacial score (nSPS) is 10.8. The topological polar surface area (TPSA) is 55.4 Å². The van der Waals surface area contributed by atoms with E-state index in [0.717, 1.165) is 16.7 Å². The van der Waals surface area contributed by atoms with E-state index in [4.69, 9.17) is 28.4 Å². The second-order valence-electron chi connectivity index (χ2n) is 11.2. The van der Waals surface area contributed by atoms with Gasteiger partial charge in [0.05, 0.1) is 0 Å². The molecule has 0 atom stereocenters. The molecule has 7 heteroatoms. The molecule has 6 nitrogen and oxygen atoms in total. The molecule has 6 rings (SSSR count). The summed E-state index contributed by atoms with van der Waals surface area (Å²) in [6.07, 6.45) is 0. The van der Waals surface area contributed by atoms with E-state index in [9.17, 15) is 0 Å². The molecule has 0 fully saturated rings. The van der Waals surface area contributed by atoms with Gasteiger partial charge in [0.25, 0.3) is 0 Å². The van der Waals surface area contributed by atoms with E-state index in [-0.39, 0.29) is 0 Å². The van der Waals surface area contributed by atoms with E-state index >= 15 is 0 Å². The van der Waals surface area contributed by atoms with E-state index in [1.165, 1.54) is 9.81 Å². The van der Waals surface area contributed by atoms with Crippen LogP contribution in [0.2, 0.25) is 0 Å². The molecule has 248 valence electrons. The first kappa shape index (κ1) is 33.9. The first-order valence-electron chi connectivity index (χ1n) is 16.0. The molecule has 0 N–H and O–H groups in total. The van der Waals surface area contributed by atoms with Crippen LogP contribution in [0.4, 0.5) is 0 Å². The number of ether oxygens (including phenoxy) is 6. The fraction of sp³-hybridized carbons (Fsp3) is 0.143. The van der Waals surface area contributed by atoms with Gasteiger partial charge >= 0.3 is 298 Å². The van der Waals surface area contributed by atoms with Crippen molar-refractivity contribution in [1.82, 2.24) is 0 Å². The SMILES string of the molecule is COc1c[c]([Bi]([c]2ccc(OCc3ccccc3)c(OC)c2)[c]2ccc(OCc3ccccc3)c(OC)c2)ccc1OCc1ccccc1. The van der Waals surface area contributed by atoms with Crippen molar-refractivity contribution < 1.29 is 28.4 Å². The Morgan fingerprint density at radius 2 is 0.633 bits per heavy atom. The van der Waals surface area contributed by atoms with Crippen molar-refractivity contribution >= 4 is 31.6 Å². The Labute approximate surface area is 296 Å². The summed E-state index contributed by atoms with van der Waals surface area (Å²) in [5.41, 5.74) is 3.27. The van der Waals surface area contributed by atoms with Crippen LogP contribution in [0.1, 0.15) is 16.7 Å². The second-order valence-corrected chi connectivity index (χ2v) is 19.8. The van der Waals surface area contributed by atoms with E-state index in [1.54, 1.807) is 21.3 Å². The number of methoxy groups -OCH3 is 3. The van der Waals surface area contributed by atoms with Crippen LogP contribution in [0.5, 0.6) is 34.5 Å². The number of hydrogen-bond donors (Lipinski definition) is 0. The predicted molar refractivity (Wildman–Crippen MR) is 196 cm³/mol. The fourth-order valence-corrected chi connectivity index (χ4v) is 14.4. The third kappa shape index (κ3) is 8.73. The average Bonchev–Trinajstić information content (AvgIpc) is 3.17. The van der Waals surface area contributed by atoms with Crippen molar-refractivity contribution in [3.63, 3.8) is 0 Å². The molecule has 0 aliphatic rings. The van der Waals surface area contributed by atoms with Crippen molar-refractivity contribution in [1.29, 1.82) is 0 Å². The van der Waals surface area contributed by atoms with Crippen LogP contribution in [-0.4, -0.2) is 43.1 Å². The molecule has 6 aromatic rings. The Morgan fingerprint density at radius 1 is 0.347 bits per heavy atom. The summed E-state index contributed by atoms with van der Waals surface area (Å²) in [6.45, 7) is 1.35. The molecule has 0 unspecified atom stereocenters. The van der Waals surface area contributed by atoms with Gasteiger partial charge in [0, 0.05) is 0 Å². The average molecular weight is 849 g/mol. The fourth-order valence-electron chi connectivity index (χ4n) is 5.40. The van der Waals surface area contributed by atoms with Crippen LogP contribution in [0.25, 0.3) is 0 Å². The summed E-state index contributed by atoms with van der Waals surface area (Å²) in [7, 11) is 5.05. The molecular weight excluding hydrogens is 809 g/mol. The van der Waals surface area contributed by atoms with Crippen LogP contribution >= 0.6 is 0 Å². The molecular formula is C42H39BiO6. The predicted octanol–water partition coefficient (Wildman–Crippen LogP) is 6.97. The summed E-state index contributed by atoms with van der Waals surface area (Å²) < 4.78 is 39.9. The zero-order valence-corrected chi connectivity index (χ0v) is 31.4. The molecule has 0 bridgehead atoms. The van der Waals surface area contributed by atoms with Crippen LogP contribution in [-0.2, 0) is 19.8 Å². The molecule has 0 amide bonds. The third-order valence-corrected chi connectivity index (χ3v) is 17.2. The van der Waals surface area contributed by atoms with Gasteiger partial charge < -0.3 is 0 Å². The minimum absolute atomic E-state index is 0.450. The molecule has 49 heavy (non-hydrogen) atoms. The van der Waals surface area contributed by atoms with Crippen molar-refractivity contribution in [2.75, 3.05) is 21.3 Å². The quantitative estimate of drug-likeness (QED) is 0.104.